The van der Waals surface area contributed by atoms with Gasteiger partial charge >= 0.3 is 5.97 Å². The monoisotopic (exact) mass is 381 g/mol. The molecule has 1 unspecified atom stereocenters. The number of aromatic nitrogens is 2. The van der Waals surface area contributed by atoms with Crippen LogP contribution in [0.4, 0.5) is 0 Å². The second-order valence-corrected chi connectivity index (χ2v) is 6.07. The number of carboxylic acids is 1. The Hall–Kier alpha value is -2.19. The first-order chi connectivity index (χ1) is 10.9. The summed E-state index contributed by atoms with van der Waals surface area (Å²) in [5, 5.41) is 15.9. The quantitative estimate of drug-likeness (QED) is 0.796. The molecule has 0 saturated heterocycles. The zero-order valence-corrected chi connectivity index (χ0v) is 14.2. The first-order valence-corrected chi connectivity index (χ1v) is 7.51. The van der Waals surface area contributed by atoms with E-state index in [2.05, 4.69) is 26.3 Å². The fourth-order valence-corrected chi connectivity index (χ4v) is 2.35. The number of halogens is 1. The molecule has 0 fully saturated rings. The fraction of sp³-hybridized carbons (Fsp3) is 0.267. The third-order valence-corrected chi connectivity index (χ3v) is 3.68. The average molecular weight is 382 g/mol. The van der Waals surface area contributed by atoms with Crippen LogP contribution in [-0.4, -0.2) is 46.0 Å². The molecule has 0 aliphatic carbocycles. The topological polar surface area (TPSA) is 93.5 Å². The van der Waals surface area contributed by atoms with E-state index in [0.717, 1.165) is 10.2 Å². The van der Waals surface area contributed by atoms with Gasteiger partial charge in [-0.05, 0) is 31.2 Å². The van der Waals surface area contributed by atoms with Crippen LogP contribution >= 0.6 is 15.9 Å². The molecule has 7 nitrogen and oxygen atoms in total. The van der Waals surface area contributed by atoms with Gasteiger partial charge in [0.15, 0.2) is 11.2 Å². The van der Waals surface area contributed by atoms with Crippen molar-refractivity contribution in [2.75, 3.05) is 13.7 Å². The molecule has 0 bridgehead atoms. The van der Waals surface area contributed by atoms with E-state index in [1.807, 2.05) is 24.3 Å². The van der Waals surface area contributed by atoms with Gasteiger partial charge in [-0.25, -0.2) is 9.48 Å². The van der Waals surface area contributed by atoms with E-state index in [-0.39, 0.29) is 12.3 Å². The summed E-state index contributed by atoms with van der Waals surface area (Å²) in [6, 6.07) is 8.93. The molecule has 0 saturated carbocycles. The summed E-state index contributed by atoms with van der Waals surface area (Å²) in [6.07, 6.45) is 1.63. The fourth-order valence-electron chi connectivity index (χ4n) is 1.96. The summed E-state index contributed by atoms with van der Waals surface area (Å²) in [4.78, 5) is 23.6. The maximum atomic E-state index is 12.2. The molecular weight excluding hydrogens is 366 g/mol. The summed E-state index contributed by atoms with van der Waals surface area (Å²) in [5.41, 5.74) is -0.629. The Morgan fingerprint density at radius 2 is 2.17 bits per heavy atom. The van der Waals surface area contributed by atoms with Crippen LogP contribution < -0.4 is 5.32 Å². The number of carboxylic acid groups (broad SMARTS) is 1. The van der Waals surface area contributed by atoms with Crippen LogP contribution in [0.2, 0.25) is 0 Å². The van der Waals surface area contributed by atoms with Crippen molar-refractivity contribution in [3.05, 3.63) is 46.7 Å². The van der Waals surface area contributed by atoms with Gasteiger partial charge in [-0.1, -0.05) is 22.0 Å². The molecule has 122 valence electrons. The van der Waals surface area contributed by atoms with E-state index in [1.165, 1.54) is 24.8 Å². The van der Waals surface area contributed by atoms with Crippen molar-refractivity contribution < 1.29 is 19.4 Å². The van der Waals surface area contributed by atoms with Crippen LogP contribution in [0.1, 0.15) is 17.4 Å². The number of hydrogen-bond acceptors (Lipinski definition) is 4. The van der Waals surface area contributed by atoms with Crippen LogP contribution in [0.25, 0.3) is 5.69 Å². The van der Waals surface area contributed by atoms with Gasteiger partial charge in [0.05, 0.1) is 12.3 Å². The van der Waals surface area contributed by atoms with E-state index in [9.17, 15) is 14.7 Å². The lowest BCUT2D eigenvalue weighted by Crippen LogP contribution is -2.55. The Balaban J connectivity index is 2.20. The van der Waals surface area contributed by atoms with Gasteiger partial charge in [0, 0.05) is 17.8 Å². The van der Waals surface area contributed by atoms with Crippen molar-refractivity contribution in [3.8, 4) is 5.69 Å². The Morgan fingerprint density at radius 3 is 2.78 bits per heavy atom. The number of nitrogens with one attached hydrogen (secondary N) is 1. The molecule has 1 heterocycles. The molecule has 0 spiro atoms. The Labute approximate surface area is 141 Å². The molecule has 1 aromatic heterocycles. The highest BCUT2D eigenvalue weighted by Gasteiger charge is 2.35. The minimum atomic E-state index is -1.52. The number of carbonyl (C=O) groups excluding carboxylic acids is 1. The first-order valence-electron chi connectivity index (χ1n) is 6.72. The van der Waals surface area contributed by atoms with Crippen molar-refractivity contribution in [1.29, 1.82) is 0 Å². The summed E-state index contributed by atoms with van der Waals surface area (Å²) < 4.78 is 7.29. The highest BCUT2D eigenvalue weighted by Crippen LogP contribution is 2.15. The molecule has 0 aliphatic heterocycles. The summed E-state index contributed by atoms with van der Waals surface area (Å²) in [6.45, 7) is 1.22. The van der Waals surface area contributed by atoms with Crippen molar-refractivity contribution >= 4 is 27.8 Å². The van der Waals surface area contributed by atoms with Crippen LogP contribution in [0.15, 0.2) is 41.0 Å². The highest BCUT2D eigenvalue weighted by molar-refractivity contribution is 9.10. The average Bonchev–Trinajstić information content (AvgIpc) is 2.97. The lowest BCUT2D eigenvalue weighted by atomic mass is 10.0. The second-order valence-electron chi connectivity index (χ2n) is 5.15. The van der Waals surface area contributed by atoms with E-state index in [0.29, 0.717) is 0 Å². The highest BCUT2D eigenvalue weighted by atomic mass is 79.9. The number of nitrogens with zero attached hydrogens (tertiary/aromatic N) is 2. The minimum absolute atomic E-state index is 0.119. The Morgan fingerprint density at radius 1 is 1.43 bits per heavy atom. The number of carbonyl (C=O) groups is 2. The molecule has 0 radical (unpaired) electrons. The van der Waals surface area contributed by atoms with Crippen LogP contribution in [0, 0.1) is 0 Å². The largest absolute Gasteiger partial charge is 0.479 e. The number of aliphatic carboxylic acids is 1. The SMILES string of the molecule is COCC(C)(NC(=O)c1ccn(-c2cccc(Br)c2)n1)C(=O)O. The van der Waals surface area contributed by atoms with E-state index >= 15 is 0 Å². The number of amides is 1. The zero-order chi connectivity index (χ0) is 17.0. The summed E-state index contributed by atoms with van der Waals surface area (Å²) >= 11 is 3.37. The van der Waals surface area contributed by atoms with Crippen LogP contribution in [-0.2, 0) is 9.53 Å². The minimum Gasteiger partial charge on any atom is -0.479 e. The molecule has 1 amide bonds. The Bertz CT molecular complexity index is 731. The maximum absolute atomic E-state index is 12.2. The van der Waals surface area contributed by atoms with Crippen molar-refractivity contribution in [3.63, 3.8) is 0 Å². The van der Waals surface area contributed by atoms with Gasteiger partial charge in [-0.3, -0.25) is 4.79 Å². The van der Waals surface area contributed by atoms with Crippen molar-refractivity contribution in [1.82, 2.24) is 15.1 Å². The smallest absolute Gasteiger partial charge is 0.331 e. The van der Waals surface area contributed by atoms with Crippen molar-refractivity contribution in [2.24, 2.45) is 0 Å². The van der Waals surface area contributed by atoms with Crippen LogP contribution in [0.5, 0.6) is 0 Å². The standard InChI is InChI=1S/C15H16BrN3O4/c1-15(9-23-2,14(21)22)17-13(20)12-6-7-19(18-12)11-5-3-4-10(16)8-11/h3-8H,9H2,1-2H3,(H,17,20)(H,21,22). The van der Waals surface area contributed by atoms with Gasteiger partial charge in [-0.2, -0.15) is 5.10 Å². The zero-order valence-electron chi connectivity index (χ0n) is 12.6. The molecule has 8 heteroatoms. The predicted molar refractivity (Wildman–Crippen MR) is 86.6 cm³/mol. The number of benzene rings is 1. The normalized spacial score (nSPS) is 13.3. The maximum Gasteiger partial charge on any atom is 0.331 e. The van der Waals surface area contributed by atoms with Gasteiger partial charge < -0.3 is 15.2 Å². The summed E-state index contributed by atoms with van der Waals surface area (Å²) in [7, 11) is 1.37. The molecule has 23 heavy (non-hydrogen) atoms. The molecular formula is C15H16BrN3O4. The predicted octanol–water partition coefficient (Wildman–Crippen LogP) is 1.85. The van der Waals surface area contributed by atoms with Gasteiger partial charge in [0.2, 0.25) is 0 Å². The molecule has 2 aromatic rings. The number of rotatable bonds is 6. The molecule has 1 aromatic carbocycles. The molecule has 0 aliphatic rings. The van der Waals surface area contributed by atoms with E-state index in [4.69, 9.17) is 4.74 Å². The Kier molecular flexibility index (Phi) is 5.17. The number of ether oxygens (including phenoxy) is 1. The lowest BCUT2D eigenvalue weighted by Gasteiger charge is -2.24. The lowest BCUT2D eigenvalue weighted by molar-refractivity contribution is -0.145. The summed E-state index contributed by atoms with van der Waals surface area (Å²) in [5.74, 6) is -1.76. The van der Waals surface area contributed by atoms with Gasteiger partial charge in [-0.15, -0.1) is 0 Å². The van der Waals surface area contributed by atoms with E-state index < -0.39 is 17.4 Å². The van der Waals surface area contributed by atoms with Gasteiger partial charge in [0.1, 0.15) is 0 Å². The number of hydrogen-bond donors (Lipinski definition) is 2. The van der Waals surface area contributed by atoms with Gasteiger partial charge in [0.25, 0.3) is 5.91 Å². The molecule has 2 rings (SSSR count). The molecule has 2 N–H and O–H groups in total. The second kappa shape index (κ2) is 6.93. The number of methoxy groups -OCH3 is 1. The van der Waals surface area contributed by atoms with Crippen LogP contribution in [0.3, 0.4) is 0 Å². The molecule has 1 atom stereocenters. The van der Waals surface area contributed by atoms with Crippen molar-refractivity contribution in [2.45, 2.75) is 12.5 Å². The van der Waals surface area contributed by atoms with E-state index in [1.54, 1.807) is 6.20 Å². The first kappa shape index (κ1) is 17.2. The third-order valence-electron chi connectivity index (χ3n) is 3.19. The third kappa shape index (κ3) is 3.96.